The predicted molar refractivity (Wildman–Crippen MR) is 142 cm³/mol. The molecule has 0 bridgehead atoms. The molecule has 0 aliphatic heterocycles. The second-order valence-corrected chi connectivity index (χ2v) is 12.1. The van der Waals surface area contributed by atoms with E-state index in [4.69, 9.17) is 4.74 Å². The second kappa shape index (κ2) is 10.1. The number of aromatic nitrogens is 3. The van der Waals surface area contributed by atoms with E-state index in [2.05, 4.69) is 20.6 Å². The molecule has 4 aromatic rings. The number of methoxy groups -OCH3 is 1. The van der Waals surface area contributed by atoms with Crippen LogP contribution in [0.3, 0.4) is 0 Å². The van der Waals surface area contributed by atoms with Crippen LogP contribution in [0.2, 0.25) is 0 Å². The smallest absolute Gasteiger partial charge is 0.245 e. The fourth-order valence-corrected chi connectivity index (χ4v) is 4.96. The molecule has 0 amide bonds. The van der Waals surface area contributed by atoms with Crippen molar-refractivity contribution in [3.63, 3.8) is 0 Å². The lowest BCUT2D eigenvalue weighted by molar-refractivity contribution is 0.0882. The number of nitrogens with zero attached hydrogens (tertiary/aromatic N) is 4. The van der Waals surface area contributed by atoms with Gasteiger partial charge in [0.15, 0.2) is 11.6 Å². The number of likely N-dealkylation sites (N-methyl/N-ethyl adjacent to an activating group) is 1. The highest BCUT2D eigenvalue weighted by molar-refractivity contribution is 7.70. The minimum atomic E-state index is -2.62. The van der Waals surface area contributed by atoms with Gasteiger partial charge in [0.2, 0.25) is 11.9 Å². The molecule has 0 radical (unpaired) electrons. The first kappa shape index (κ1) is 25.3. The van der Waals surface area contributed by atoms with E-state index in [-0.39, 0.29) is 24.2 Å². The third-order valence-electron chi connectivity index (χ3n) is 5.46. The molecule has 36 heavy (non-hydrogen) atoms. The number of halogens is 1. The summed E-state index contributed by atoms with van der Waals surface area (Å²) in [6.45, 7) is 3.55. The SMILES string of the molecule is COc1cc2ccn(C(=O)CN(C)C)c2cc1Nc1ncc(F)c(Nc2ccccc2P(C)(C)=O)n1. The van der Waals surface area contributed by atoms with Gasteiger partial charge in [-0.15, -0.1) is 0 Å². The molecule has 0 atom stereocenters. The molecule has 9 nitrogen and oxygen atoms in total. The van der Waals surface area contributed by atoms with Crippen LogP contribution in [0, 0.1) is 5.82 Å². The van der Waals surface area contributed by atoms with Gasteiger partial charge in [0, 0.05) is 16.9 Å². The van der Waals surface area contributed by atoms with Gasteiger partial charge in [-0.25, -0.2) is 9.37 Å². The van der Waals surface area contributed by atoms with E-state index < -0.39 is 13.0 Å². The molecular weight excluding hydrogens is 482 g/mol. The Morgan fingerprint density at radius 3 is 2.58 bits per heavy atom. The zero-order chi connectivity index (χ0) is 26.0. The Morgan fingerprint density at radius 2 is 1.89 bits per heavy atom. The van der Waals surface area contributed by atoms with E-state index in [1.54, 1.807) is 65.4 Å². The van der Waals surface area contributed by atoms with Gasteiger partial charge < -0.3 is 24.8 Å². The van der Waals surface area contributed by atoms with Gasteiger partial charge >= 0.3 is 0 Å². The molecule has 2 aromatic heterocycles. The number of carbonyl (C=O) groups is 1. The molecule has 0 saturated heterocycles. The number of nitrogens with one attached hydrogen (secondary N) is 2. The van der Waals surface area contributed by atoms with Crippen molar-refractivity contribution in [1.82, 2.24) is 19.4 Å². The van der Waals surface area contributed by atoms with Crippen LogP contribution in [0.4, 0.5) is 27.5 Å². The van der Waals surface area contributed by atoms with Gasteiger partial charge in [-0.1, -0.05) is 12.1 Å². The Bertz CT molecular complexity index is 1480. The number of carbonyl (C=O) groups excluding carboxylic acids is 1. The molecule has 0 fully saturated rings. The Balaban J connectivity index is 1.69. The quantitative estimate of drug-likeness (QED) is 0.334. The van der Waals surface area contributed by atoms with Crippen molar-refractivity contribution < 1.29 is 18.5 Å². The third kappa shape index (κ3) is 5.40. The molecule has 0 spiro atoms. The van der Waals surface area contributed by atoms with Crippen LogP contribution in [0.25, 0.3) is 10.9 Å². The van der Waals surface area contributed by atoms with Crippen LogP contribution in [-0.2, 0) is 4.57 Å². The molecule has 2 heterocycles. The maximum atomic E-state index is 14.6. The first-order valence-corrected chi connectivity index (χ1v) is 13.7. The minimum absolute atomic E-state index is 0.0713. The minimum Gasteiger partial charge on any atom is -0.495 e. The number of benzene rings is 2. The highest BCUT2D eigenvalue weighted by Gasteiger charge is 2.18. The number of hydrogen-bond donors (Lipinski definition) is 2. The number of para-hydroxylation sites is 1. The second-order valence-electron chi connectivity index (χ2n) is 8.94. The zero-order valence-electron chi connectivity index (χ0n) is 20.7. The van der Waals surface area contributed by atoms with Crippen molar-refractivity contribution >= 4 is 52.4 Å². The zero-order valence-corrected chi connectivity index (χ0v) is 21.6. The van der Waals surface area contributed by atoms with Gasteiger partial charge in [0.25, 0.3) is 0 Å². The molecule has 0 saturated carbocycles. The van der Waals surface area contributed by atoms with Crippen LogP contribution in [0.15, 0.2) is 54.9 Å². The van der Waals surface area contributed by atoms with Crippen LogP contribution in [0.5, 0.6) is 5.75 Å². The Hall–Kier alpha value is -3.75. The fourth-order valence-electron chi connectivity index (χ4n) is 3.80. The van der Waals surface area contributed by atoms with Crippen LogP contribution >= 0.6 is 7.14 Å². The Morgan fingerprint density at radius 1 is 1.14 bits per heavy atom. The highest BCUT2D eigenvalue weighted by atomic mass is 31.2. The summed E-state index contributed by atoms with van der Waals surface area (Å²) in [5, 5.41) is 7.43. The fraction of sp³-hybridized carbons (Fsp3) is 0.240. The summed E-state index contributed by atoms with van der Waals surface area (Å²) in [4.78, 5) is 22.8. The first-order chi connectivity index (χ1) is 17.1. The average Bonchev–Trinajstić information content (AvgIpc) is 3.23. The molecule has 0 unspecified atom stereocenters. The van der Waals surface area contributed by atoms with Crippen molar-refractivity contribution in [2.45, 2.75) is 0 Å². The van der Waals surface area contributed by atoms with Crippen LogP contribution in [0.1, 0.15) is 4.79 Å². The van der Waals surface area contributed by atoms with E-state index in [1.807, 2.05) is 20.2 Å². The number of fused-ring (bicyclic) bond motifs is 1. The van der Waals surface area contributed by atoms with Crippen molar-refractivity contribution in [3.05, 3.63) is 60.7 Å². The molecule has 11 heteroatoms. The van der Waals surface area contributed by atoms with Gasteiger partial charge in [-0.3, -0.25) is 9.36 Å². The standard InChI is InChI=1S/C25H28FN6O3P/c1-31(2)15-23(33)32-11-10-16-12-21(35-3)19(13-20(16)32)29-25-27-14-17(26)24(30-25)28-18-8-6-7-9-22(18)36(4,5)34/h6-14H,15H2,1-5H3,(H2,27,28,29,30). The van der Waals surface area contributed by atoms with E-state index in [9.17, 15) is 13.8 Å². The van der Waals surface area contributed by atoms with Crippen LogP contribution < -0.4 is 20.7 Å². The van der Waals surface area contributed by atoms with Crippen molar-refractivity contribution in [1.29, 1.82) is 0 Å². The largest absolute Gasteiger partial charge is 0.495 e. The van der Waals surface area contributed by atoms with Gasteiger partial charge in [0.1, 0.15) is 12.9 Å². The predicted octanol–water partition coefficient (Wildman–Crippen LogP) is 4.52. The molecule has 2 N–H and O–H groups in total. The number of rotatable bonds is 8. The lowest BCUT2D eigenvalue weighted by Crippen LogP contribution is -2.25. The molecule has 4 rings (SSSR count). The molecule has 0 aliphatic carbocycles. The maximum Gasteiger partial charge on any atom is 0.245 e. The molecular formula is C25H28FN6O3P. The lowest BCUT2D eigenvalue weighted by atomic mass is 10.2. The summed E-state index contributed by atoms with van der Waals surface area (Å²) >= 11 is 0. The number of ether oxygens (including phenoxy) is 1. The summed E-state index contributed by atoms with van der Waals surface area (Å²) in [6.07, 6.45) is 2.76. The summed E-state index contributed by atoms with van der Waals surface area (Å²) in [5.41, 5.74) is 1.69. The van der Waals surface area contributed by atoms with E-state index in [0.717, 1.165) is 11.6 Å². The summed E-state index contributed by atoms with van der Waals surface area (Å²) in [6, 6.07) is 12.4. The first-order valence-electron chi connectivity index (χ1n) is 11.1. The van der Waals surface area contributed by atoms with Crippen molar-refractivity contribution in [2.24, 2.45) is 0 Å². The van der Waals surface area contributed by atoms with E-state index >= 15 is 0 Å². The number of hydrogen-bond acceptors (Lipinski definition) is 8. The summed E-state index contributed by atoms with van der Waals surface area (Å²) in [7, 11) is 2.57. The van der Waals surface area contributed by atoms with Gasteiger partial charge in [-0.05, 0) is 57.8 Å². The van der Waals surface area contributed by atoms with Crippen LogP contribution in [-0.4, -0.2) is 66.4 Å². The summed E-state index contributed by atoms with van der Waals surface area (Å²) < 4.78 is 34.4. The number of anilines is 4. The summed E-state index contributed by atoms with van der Waals surface area (Å²) in [5.74, 6) is -0.201. The monoisotopic (exact) mass is 510 g/mol. The third-order valence-corrected chi connectivity index (χ3v) is 7.01. The van der Waals surface area contributed by atoms with Gasteiger partial charge in [-0.2, -0.15) is 4.98 Å². The van der Waals surface area contributed by atoms with Crippen molar-refractivity contribution in [2.75, 3.05) is 51.7 Å². The Kier molecular flexibility index (Phi) is 7.10. The Labute approximate surface area is 208 Å². The maximum absolute atomic E-state index is 14.6. The van der Waals surface area contributed by atoms with E-state index in [0.29, 0.717) is 27.9 Å². The molecule has 2 aromatic carbocycles. The highest BCUT2D eigenvalue weighted by Crippen LogP contribution is 2.38. The normalized spacial score (nSPS) is 11.6. The van der Waals surface area contributed by atoms with Gasteiger partial charge in [0.05, 0.1) is 36.7 Å². The molecule has 188 valence electrons. The lowest BCUT2D eigenvalue weighted by Gasteiger charge is -2.16. The average molecular weight is 511 g/mol. The van der Waals surface area contributed by atoms with E-state index in [1.165, 1.54) is 7.11 Å². The molecule has 0 aliphatic rings. The van der Waals surface area contributed by atoms with Crippen molar-refractivity contribution in [3.8, 4) is 5.75 Å². The topological polar surface area (TPSA) is 101 Å².